The van der Waals surface area contributed by atoms with Crippen LogP contribution in [0.2, 0.25) is 0 Å². The Bertz CT molecular complexity index is 567. The van der Waals surface area contributed by atoms with Crippen LogP contribution < -0.4 is 15.0 Å². The molecule has 2 aromatic heterocycles. The lowest BCUT2D eigenvalue weighted by molar-refractivity contribution is 0.101. The highest BCUT2D eigenvalue weighted by Gasteiger charge is 2.18. The maximum Gasteiger partial charge on any atom is 0.297 e. The summed E-state index contributed by atoms with van der Waals surface area (Å²) >= 11 is 0. The number of amides is 1. The van der Waals surface area contributed by atoms with Crippen molar-refractivity contribution in [3.8, 4) is 5.88 Å². The summed E-state index contributed by atoms with van der Waals surface area (Å²) in [5.74, 6) is -0.248. The molecule has 19 heavy (non-hydrogen) atoms. The van der Waals surface area contributed by atoms with Gasteiger partial charge in [0.15, 0.2) is 0 Å². The Morgan fingerprint density at radius 1 is 1.47 bits per heavy atom. The average Bonchev–Trinajstić information content (AvgIpc) is 2.92. The quantitative estimate of drug-likeness (QED) is 0.794. The van der Waals surface area contributed by atoms with Gasteiger partial charge in [-0.1, -0.05) is 0 Å². The zero-order chi connectivity index (χ0) is 13.8. The molecule has 0 radical (unpaired) electrons. The van der Waals surface area contributed by atoms with Crippen molar-refractivity contribution in [2.24, 2.45) is 0 Å². The van der Waals surface area contributed by atoms with E-state index >= 15 is 0 Å². The number of rotatable bonds is 4. The summed E-state index contributed by atoms with van der Waals surface area (Å²) in [6.45, 7) is 0. The van der Waals surface area contributed by atoms with Crippen LogP contribution in [0.4, 0.5) is 11.4 Å². The van der Waals surface area contributed by atoms with Gasteiger partial charge in [-0.3, -0.25) is 4.79 Å². The minimum atomic E-state index is -0.497. The second kappa shape index (κ2) is 5.29. The lowest BCUT2D eigenvalue weighted by Gasteiger charge is -2.18. The average molecular weight is 263 g/mol. The molecule has 1 amide bonds. The Morgan fingerprint density at radius 3 is 2.84 bits per heavy atom. The Kier molecular flexibility index (Phi) is 3.55. The molecule has 0 spiro atoms. The molecule has 0 aromatic carbocycles. The number of carbonyl (C=O) groups excluding carboxylic acids is 1. The summed E-state index contributed by atoms with van der Waals surface area (Å²) in [7, 11) is 5.17. The van der Waals surface area contributed by atoms with E-state index in [2.05, 4.69) is 30.9 Å². The molecule has 2 heterocycles. The minimum Gasteiger partial charge on any atom is -0.479 e. The molecule has 2 aromatic rings. The highest BCUT2D eigenvalue weighted by molar-refractivity contribution is 6.04. The van der Waals surface area contributed by atoms with E-state index in [0.29, 0.717) is 11.6 Å². The number of aromatic amines is 1. The van der Waals surface area contributed by atoms with Crippen LogP contribution in [0.3, 0.4) is 0 Å². The van der Waals surface area contributed by atoms with Crippen molar-refractivity contribution in [1.82, 2.24) is 25.6 Å². The van der Waals surface area contributed by atoms with Crippen molar-refractivity contribution >= 4 is 17.3 Å². The number of carbonyl (C=O) groups is 1. The van der Waals surface area contributed by atoms with Gasteiger partial charge in [0, 0.05) is 20.3 Å². The maximum atomic E-state index is 11.9. The van der Waals surface area contributed by atoms with Crippen molar-refractivity contribution < 1.29 is 9.53 Å². The Balaban J connectivity index is 2.35. The Morgan fingerprint density at radius 2 is 2.26 bits per heavy atom. The first kappa shape index (κ1) is 12.7. The molecule has 0 fully saturated rings. The summed E-state index contributed by atoms with van der Waals surface area (Å²) in [6, 6.07) is 1.76. The van der Waals surface area contributed by atoms with E-state index in [1.54, 1.807) is 12.3 Å². The van der Waals surface area contributed by atoms with Gasteiger partial charge in [0.05, 0.1) is 12.8 Å². The van der Waals surface area contributed by atoms with E-state index in [4.69, 9.17) is 4.74 Å². The molecule has 9 nitrogen and oxygen atoms in total. The molecule has 2 N–H and O–H groups in total. The number of nitrogens with one attached hydrogen (secondary N) is 2. The SMILES string of the molecule is COc1nccc(N(C)C)c1NC(=O)c1nn[nH]n1. The van der Waals surface area contributed by atoms with Crippen LogP contribution in [0, 0.1) is 0 Å². The van der Waals surface area contributed by atoms with E-state index in [-0.39, 0.29) is 5.82 Å². The number of anilines is 2. The van der Waals surface area contributed by atoms with Gasteiger partial charge in [0.25, 0.3) is 11.7 Å². The van der Waals surface area contributed by atoms with E-state index < -0.39 is 5.91 Å². The van der Waals surface area contributed by atoms with Crippen molar-refractivity contribution in [3.05, 3.63) is 18.1 Å². The third-order valence-corrected chi connectivity index (χ3v) is 2.36. The zero-order valence-electron chi connectivity index (χ0n) is 10.7. The zero-order valence-corrected chi connectivity index (χ0v) is 10.7. The fourth-order valence-corrected chi connectivity index (χ4v) is 1.51. The predicted molar refractivity (Wildman–Crippen MR) is 67.2 cm³/mol. The van der Waals surface area contributed by atoms with Crippen LogP contribution in [-0.2, 0) is 0 Å². The fraction of sp³-hybridized carbons (Fsp3) is 0.300. The van der Waals surface area contributed by atoms with Gasteiger partial charge in [0.2, 0.25) is 5.88 Å². The predicted octanol–water partition coefficient (Wildman–Crippen LogP) is -0.0784. The summed E-state index contributed by atoms with van der Waals surface area (Å²) in [5.41, 5.74) is 1.20. The van der Waals surface area contributed by atoms with E-state index in [1.807, 2.05) is 19.0 Å². The summed E-state index contributed by atoms with van der Waals surface area (Å²) in [6.07, 6.45) is 1.60. The van der Waals surface area contributed by atoms with Crippen molar-refractivity contribution in [2.45, 2.75) is 0 Å². The maximum absolute atomic E-state index is 11.9. The normalized spacial score (nSPS) is 10.1. The van der Waals surface area contributed by atoms with Crippen LogP contribution in [0.1, 0.15) is 10.6 Å². The van der Waals surface area contributed by atoms with Gasteiger partial charge in [-0.05, 0) is 11.3 Å². The molecule has 0 atom stereocenters. The fourth-order valence-electron chi connectivity index (χ4n) is 1.51. The number of pyridine rings is 1. The Hall–Kier alpha value is -2.71. The number of nitrogens with zero attached hydrogens (tertiary/aromatic N) is 5. The third kappa shape index (κ3) is 2.59. The van der Waals surface area contributed by atoms with Gasteiger partial charge < -0.3 is 15.0 Å². The first-order chi connectivity index (χ1) is 9.13. The number of hydrogen-bond donors (Lipinski definition) is 2. The van der Waals surface area contributed by atoms with E-state index in [0.717, 1.165) is 5.69 Å². The number of ether oxygens (including phenoxy) is 1. The molecule has 0 aliphatic carbocycles. The van der Waals surface area contributed by atoms with Gasteiger partial charge in [-0.2, -0.15) is 5.21 Å². The minimum absolute atomic E-state index is 0.0596. The number of aromatic nitrogens is 5. The molecular weight excluding hydrogens is 250 g/mol. The number of hydrogen-bond acceptors (Lipinski definition) is 7. The summed E-state index contributed by atoms with van der Waals surface area (Å²) < 4.78 is 5.14. The third-order valence-electron chi connectivity index (χ3n) is 2.36. The molecule has 9 heteroatoms. The van der Waals surface area contributed by atoms with Gasteiger partial charge in [-0.15, -0.1) is 10.2 Å². The summed E-state index contributed by atoms with van der Waals surface area (Å²) in [4.78, 5) is 17.8. The van der Waals surface area contributed by atoms with E-state index in [9.17, 15) is 4.79 Å². The van der Waals surface area contributed by atoms with Gasteiger partial charge >= 0.3 is 0 Å². The lowest BCUT2D eigenvalue weighted by Crippen LogP contribution is -2.19. The molecule has 0 bridgehead atoms. The van der Waals surface area contributed by atoms with E-state index in [1.165, 1.54) is 7.11 Å². The standard InChI is InChI=1S/C10H13N7O2/c1-17(2)6-4-5-11-10(19-3)7(6)12-9(18)8-13-15-16-14-8/h4-5H,1-3H3,(H,12,18)(H,13,14,15,16). The molecule has 100 valence electrons. The molecule has 2 rings (SSSR count). The first-order valence-electron chi connectivity index (χ1n) is 5.38. The van der Waals surface area contributed by atoms with Crippen molar-refractivity contribution in [3.63, 3.8) is 0 Å². The molecule has 0 unspecified atom stereocenters. The monoisotopic (exact) mass is 263 g/mol. The van der Waals surface area contributed by atoms with Crippen LogP contribution in [-0.4, -0.2) is 52.7 Å². The molecular formula is C10H13N7O2. The smallest absolute Gasteiger partial charge is 0.297 e. The molecule has 0 saturated heterocycles. The molecule has 0 saturated carbocycles. The van der Waals surface area contributed by atoms with Crippen LogP contribution >= 0.6 is 0 Å². The second-order valence-electron chi connectivity index (χ2n) is 3.80. The highest BCUT2D eigenvalue weighted by Crippen LogP contribution is 2.32. The van der Waals surface area contributed by atoms with Crippen LogP contribution in [0.25, 0.3) is 0 Å². The number of tetrazole rings is 1. The van der Waals surface area contributed by atoms with Crippen LogP contribution in [0.15, 0.2) is 12.3 Å². The Labute approximate surface area is 109 Å². The second-order valence-corrected chi connectivity index (χ2v) is 3.80. The molecule has 0 aliphatic rings. The van der Waals surface area contributed by atoms with Gasteiger partial charge in [-0.25, -0.2) is 4.98 Å². The lowest BCUT2D eigenvalue weighted by atomic mass is 10.3. The van der Waals surface area contributed by atoms with Crippen molar-refractivity contribution in [2.75, 3.05) is 31.4 Å². The largest absolute Gasteiger partial charge is 0.479 e. The topological polar surface area (TPSA) is 109 Å². The number of H-pyrrole nitrogens is 1. The number of methoxy groups -OCH3 is 1. The first-order valence-corrected chi connectivity index (χ1v) is 5.38. The highest BCUT2D eigenvalue weighted by atomic mass is 16.5. The van der Waals surface area contributed by atoms with Crippen LogP contribution in [0.5, 0.6) is 5.88 Å². The summed E-state index contributed by atoms with van der Waals surface area (Å²) in [5, 5.41) is 15.4. The van der Waals surface area contributed by atoms with Crippen molar-refractivity contribution in [1.29, 1.82) is 0 Å². The molecule has 0 aliphatic heterocycles. The van der Waals surface area contributed by atoms with Gasteiger partial charge in [0.1, 0.15) is 5.69 Å².